The van der Waals surface area contributed by atoms with Gasteiger partial charge in [-0.25, -0.2) is 0 Å². The van der Waals surface area contributed by atoms with Crippen LogP contribution in [0.25, 0.3) is 0 Å². The highest BCUT2D eigenvalue weighted by Crippen LogP contribution is 2.28. The molecule has 1 fully saturated rings. The van der Waals surface area contributed by atoms with E-state index >= 15 is 0 Å². The first-order chi connectivity index (χ1) is 7.36. The largest absolute Gasteiger partial charge is 0.365 e. The maximum absolute atomic E-state index is 4.07. The van der Waals surface area contributed by atoms with E-state index in [9.17, 15) is 0 Å². The molecule has 0 amide bonds. The quantitative estimate of drug-likeness (QED) is 0.509. The van der Waals surface area contributed by atoms with E-state index in [4.69, 9.17) is 0 Å². The smallest absolute Gasteiger partial charge is 0.0437 e. The molecule has 1 nitrogen and oxygen atoms in total. The highest BCUT2D eigenvalue weighted by atomic mass is 15.3. The van der Waals surface area contributed by atoms with Gasteiger partial charge in [-0.3, -0.25) is 0 Å². The molecule has 0 aliphatic carbocycles. The van der Waals surface area contributed by atoms with E-state index in [1.54, 1.807) is 0 Å². The van der Waals surface area contributed by atoms with Gasteiger partial charge in [-0.2, -0.15) is 0 Å². The number of allylic oxidation sites excluding steroid dienone is 5. The van der Waals surface area contributed by atoms with Gasteiger partial charge in [0.05, 0.1) is 0 Å². The predicted molar refractivity (Wildman–Crippen MR) is 72.2 cm³/mol. The van der Waals surface area contributed by atoms with E-state index in [0.717, 1.165) is 12.2 Å². The molecule has 1 atom stereocenters. The predicted octanol–water partition coefficient (Wildman–Crippen LogP) is 3.92. The van der Waals surface area contributed by atoms with E-state index < -0.39 is 0 Å². The Balaban J connectivity index is 2.69. The van der Waals surface area contributed by atoms with Crippen LogP contribution in [0.4, 0.5) is 0 Å². The molecular formula is C15H23N. The Hall–Kier alpha value is -1.24. The fourth-order valence-electron chi connectivity index (χ4n) is 1.60. The Morgan fingerprint density at radius 3 is 2.25 bits per heavy atom. The molecule has 88 valence electrons. The van der Waals surface area contributed by atoms with Gasteiger partial charge >= 0.3 is 0 Å². The summed E-state index contributed by atoms with van der Waals surface area (Å²) in [5, 5.41) is 0. The van der Waals surface area contributed by atoms with E-state index in [2.05, 4.69) is 64.0 Å². The van der Waals surface area contributed by atoms with E-state index in [-0.39, 0.29) is 5.41 Å². The van der Waals surface area contributed by atoms with E-state index in [1.807, 2.05) is 6.08 Å². The fraction of sp³-hybridized carbons (Fsp3) is 0.467. The van der Waals surface area contributed by atoms with Crippen LogP contribution >= 0.6 is 0 Å². The number of rotatable bonds is 4. The van der Waals surface area contributed by atoms with Crippen molar-refractivity contribution in [3.63, 3.8) is 0 Å². The molecule has 0 N–H and O–H groups in total. The highest BCUT2D eigenvalue weighted by Gasteiger charge is 2.28. The van der Waals surface area contributed by atoms with Crippen molar-refractivity contribution in [1.82, 2.24) is 4.90 Å². The molecule has 0 aromatic carbocycles. The summed E-state index contributed by atoms with van der Waals surface area (Å²) in [4.78, 5) is 2.28. The molecule has 0 aromatic rings. The average molecular weight is 217 g/mol. The molecular weight excluding hydrogens is 194 g/mol. The molecule has 1 unspecified atom stereocenters. The van der Waals surface area contributed by atoms with Crippen molar-refractivity contribution >= 4 is 0 Å². The molecule has 0 bridgehead atoms. The maximum Gasteiger partial charge on any atom is 0.0437 e. The lowest BCUT2D eigenvalue weighted by Crippen LogP contribution is -2.07. The van der Waals surface area contributed by atoms with Gasteiger partial charge in [-0.05, 0) is 24.0 Å². The molecule has 1 heterocycles. The lowest BCUT2D eigenvalue weighted by Gasteiger charge is -2.20. The highest BCUT2D eigenvalue weighted by molar-refractivity contribution is 5.33. The average Bonchev–Trinajstić information content (AvgIpc) is 2.87. The van der Waals surface area contributed by atoms with Crippen LogP contribution in [0.2, 0.25) is 0 Å². The van der Waals surface area contributed by atoms with Gasteiger partial charge in [0.15, 0.2) is 0 Å². The third kappa shape index (κ3) is 3.41. The molecule has 1 aliphatic rings. The number of hydrogen-bond acceptors (Lipinski definition) is 1. The van der Waals surface area contributed by atoms with Crippen LogP contribution in [0.15, 0.2) is 48.7 Å². The minimum atomic E-state index is 0.148. The van der Waals surface area contributed by atoms with Crippen LogP contribution in [-0.4, -0.2) is 17.5 Å². The third-order valence-corrected chi connectivity index (χ3v) is 2.85. The Morgan fingerprint density at radius 1 is 1.31 bits per heavy atom. The molecule has 1 saturated heterocycles. The zero-order chi connectivity index (χ0) is 12.3. The summed E-state index contributed by atoms with van der Waals surface area (Å²) in [6.07, 6.45) is 8.16. The first-order valence-corrected chi connectivity index (χ1v) is 5.83. The van der Waals surface area contributed by atoms with Crippen molar-refractivity contribution in [2.45, 2.75) is 33.7 Å². The van der Waals surface area contributed by atoms with Crippen molar-refractivity contribution in [3.05, 3.63) is 48.7 Å². The summed E-state index contributed by atoms with van der Waals surface area (Å²) in [5.74, 6) is 0. The fourth-order valence-corrected chi connectivity index (χ4v) is 1.60. The Morgan fingerprint density at radius 2 is 1.88 bits per heavy atom. The summed E-state index contributed by atoms with van der Waals surface area (Å²) < 4.78 is 0. The Labute approximate surface area is 99.8 Å². The second-order valence-electron chi connectivity index (χ2n) is 5.43. The van der Waals surface area contributed by atoms with Crippen LogP contribution < -0.4 is 0 Å². The van der Waals surface area contributed by atoms with Crippen LogP contribution in [0.1, 0.15) is 27.7 Å². The lowest BCUT2D eigenvalue weighted by molar-refractivity contribution is 0.517. The standard InChI is InChI=1S/C15H23N/c1-7-8-14(15(4,5)6)10-9-12(2)16-11-13(16)3/h7-10,13H,1-2,11H2,3-6H3/b10-9?,14-8+. The van der Waals surface area contributed by atoms with Crippen molar-refractivity contribution in [3.8, 4) is 0 Å². The van der Waals surface area contributed by atoms with Crippen LogP contribution in [-0.2, 0) is 0 Å². The summed E-state index contributed by atoms with van der Waals surface area (Å²) in [6, 6.07) is 0.665. The Bertz CT molecular complexity index is 339. The zero-order valence-corrected chi connectivity index (χ0v) is 11.0. The maximum atomic E-state index is 4.07. The van der Waals surface area contributed by atoms with Gasteiger partial charge in [0.1, 0.15) is 0 Å². The SMILES string of the molecule is C=C/C=C(\C=CC(=C)N1CC1C)C(C)(C)C. The number of nitrogens with zero attached hydrogens (tertiary/aromatic N) is 1. The molecule has 1 rings (SSSR count). The van der Waals surface area contributed by atoms with Crippen molar-refractivity contribution < 1.29 is 0 Å². The normalized spacial score (nSPS) is 21.4. The summed E-state index contributed by atoms with van der Waals surface area (Å²) in [5.41, 5.74) is 2.53. The van der Waals surface area contributed by atoms with Gasteiger partial charge in [0, 0.05) is 18.3 Å². The van der Waals surface area contributed by atoms with Gasteiger partial charge in [0.2, 0.25) is 0 Å². The first-order valence-electron chi connectivity index (χ1n) is 5.83. The summed E-state index contributed by atoms with van der Waals surface area (Å²) >= 11 is 0. The van der Waals surface area contributed by atoms with Crippen molar-refractivity contribution in [2.75, 3.05) is 6.54 Å². The van der Waals surface area contributed by atoms with E-state index in [1.165, 1.54) is 5.57 Å². The van der Waals surface area contributed by atoms with E-state index in [0.29, 0.717) is 6.04 Å². The molecule has 0 spiro atoms. The topological polar surface area (TPSA) is 3.01 Å². The van der Waals surface area contributed by atoms with Gasteiger partial charge < -0.3 is 4.90 Å². The summed E-state index contributed by atoms with van der Waals surface area (Å²) in [6.45, 7) is 17.8. The Kier molecular flexibility index (Phi) is 3.79. The second-order valence-corrected chi connectivity index (χ2v) is 5.43. The molecule has 16 heavy (non-hydrogen) atoms. The van der Waals surface area contributed by atoms with Crippen molar-refractivity contribution in [2.24, 2.45) is 5.41 Å². The molecule has 0 radical (unpaired) electrons. The first kappa shape index (κ1) is 12.8. The van der Waals surface area contributed by atoms with Crippen LogP contribution in [0.3, 0.4) is 0 Å². The lowest BCUT2D eigenvalue weighted by atomic mass is 9.86. The molecule has 0 aromatic heterocycles. The molecule has 1 aliphatic heterocycles. The second kappa shape index (κ2) is 4.73. The molecule has 0 saturated carbocycles. The van der Waals surface area contributed by atoms with Gasteiger partial charge in [-0.15, -0.1) is 0 Å². The van der Waals surface area contributed by atoms with Crippen LogP contribution in [0.5, 0.6) is 0 Å². The van der Waals surface area contributed by atoms with Gasteiger partial charge in [0.25, 0.3) is 0 Å². The minimum absolute atomic E-state index is 0.148. The summed E-state index contributed by atoms with van der Waals surface area (Å²) in [7, 11) is 0. The minimum Gasteiger partial charge on any atom is -0.365 e. The monoisotopic (exact) mass is 217 g/mol. The van der Waals surface area contributed by atoms with Gasteiger partial charge in [-0.1, -0.05) is 52.2 Å². The molecule has 1 heteroatoms. The zero-order valence-electron chi connectivity index (χ0n) is 11.0. The van der Waals surface area contributed by atoms with Crippen LogP contribution in [0, 0.1) is 5.41 Å². The third-order valence-electron chi connectivity index (χ3n) is 2.85. The number of hydrogen-bond donors (Lipinski definition) is 0. The van der Waals surface area contributed by atoms with Crippen molar-refractivity contribution in [1.29, 1.82) is 0 Å².